The van der Waals surface area contributed by atoms with Crippen molar-refractivity contribution in [3.63, 3.8) is 0 Å². The molecule has 2 nitrogen and oxygen atoms in total. The van der Waals surface area contributed by atoms with E-state index in [1.54, 1.807) is 11.3 Å². The molecule has 3 aliphatic rings. The van der Waals surface area contributed by atoms with Crippen molar-refractivity contribution in [3.05, 3.63) is 11.3 Å². The average Bonchev–Trinajstić information content (AvgIpc) is 2.45. The van der Waals surface area contributed by atoms with Crippen molar-refractivity contribution in [1.82, 2.24) is 4.90 Å². The third-order valence-electron chi connectivity index (χ3n) is 5.57. The highest BCUT2D eigenvalue weighted by Crippen LogP contribution is 2.42. The van der Waals surface area contributed by atoms with E-state index in [1.165, 1.54) is 57.9 Å². The van der Waals surface area contributed by atoms with E-state index in [-0.39, 0.29) is 6.10 Å². The number of unbranched alkanes of at least 4 members (excludes halogenated alkanes) is 1. The molecule has 0 spiro atoms. The maximum Gasteiger partial charge on any atom is 0.0639 e. The van der Waals surface area contributed by atoms with Crippen molar-refractivity contribution < 1.29 is 5.11 Å². The number of piperidine rings is 1. The monoisotopic (exact) mass is 263 g/mol. The van der Waals surface area contributed by atoms with Gasteiger partial charge in [-0.3, -0.25) is 0 Å². The number of hydrogen-bond donors (Lipinski definition) is 1. The van der Waals surface area contributed by atoms with E-state index in [2.05, 4.69) is 11.8 Å². The molecule has 3 unspecified atom stereocenters. The fourth-order valence-corrected chi connectivity index (χ4v) is 4.41. The largest absolute Gasteiger partial charge is 0.392 e. The van der Waals surface area contributed by atoms with Gasteiger partial charge in [0.15, 0.2) is 0 Å². The number of aliphatic hydroxyl groups is 1. The summed E-state index contributed by atoms with van der Waals surface area (Å²) in [5, 5.41) is 10.5. The highest BCUT2D eigenvalue weighted by atomic mass is 16.3. The third kappa shape index (κ3) is 2.69. The van der Waals surface area contributed by atoms with Crippen LogP contribution in [0.2, 0.25) is 0 Å². The number of allylic oxidation sites excluding steroid dienone is 1. The highest BCUT2D eigenvalue weighted by molar-refractivity contribution is 5.23. The fourth-order valence-electron chi connectivity index (χ4n) is 4.41. The van der Waals surface area contributed by atoms with Crippen LogP contribution in [0.3, 0.4) is 0 Å². The molecule has 2 fully saturated rings. The van der Waals surface area contributed by atoms with Crippen molar-refractivity contribution in [2.45, 2.75) is 70.8 Å². The first kappa shape index (κ1) is 13.5. The van der Waals surface area contributed by atoms with E-state index in [1.807, 2.05) is 0 Å². The van der Waals surface area contributed by atoms with Gasteiger partial charge in [-0.25, -0.2) is 0 Å². The van der Waals surface area contributed by atoms with Crippen molar-refractivity contribution in [2.24, 2.45) is 11.8 Å². The smallest absolute Gasteiger partial charge is 0.0639 e. The second kappa shape index (κ2) is 5.87. The van der Waals surface area contributed by atoms with Gasteiger partial charge in [0.05, 0.1) is 6.10 Å². The first-order valence-electron chi connectivity index (χ1n) is 8.44. The van der Waals surface area contributed by atoms with Gasteiger partial charge in [0.1, 0.15) is 0 Å². The van der Waals surface area contributed by atoms with Crippen LogP contribution in [-0.4, -0.2) is 29.2 Å². The Morgan fingerprint density at radius 2 is 2.16 bits per heavy atom. The molecule has 2 heteroatoms. The molecule has 1 saturated heterocycles. The van der Waals surface area contributed by atoms with Crippen molar-refractivity contribution in [1.29, 1.82) is 0 Å². The molecule has 0 radical (unpaired) electrons. The van der Waals surface area contributed by atoms with Crippen molar-refractivity contribution >= 4 is 0 Å². The summed E-state index contributed by atoms with van der Waals surface area (Å²) >= 11 is 0. The normalized spacial score (nSPS) is 35.1. The van der Waals surface area contributed by atoms with E-state index in [0.717, 1.165) is 18.9 Å². The van der Waals surface area contributed by atoms with Crippen LogP contribution in [-0.2, 0) is 0 Å². The molecular weight excluding hydrogens is 234 g/mol. The van der Waals surface area contributed by atoms with Gasteiger partial charge < -0.3 is 10.0 Å². The van der Waals surface area contributed by atoms with Gasteiger partial charge in [0.2, 0.25) is 0 Å². The fraction of sp³-hybridized carbons (Fsp3) is 0.882. The Morgan fingerprint density at radius 3 is 3.00 bits per heavy atom. The predicted octanol–water partition coefficient (Wildman–Crippen LogP) is 3.71. The van der Waals surface area contributed by atoms with Crippen LogP contribution in [0.1, 0.15) is 64.7 Å². The Balaban J connectivity index is 1.74. The van der Waals surface area contributed by atoms with Crippen LogP contribution < -0.4 is 0 Å². The maximum absolute atomic E-state index is 10.5. The van der Waals surface area contributed by atoms with Gasteiger partial charge in [0, 0.05) is 31.1 Å². The highest BCUT2D eigenvalue weighted by Gasteiger charge is 2.36. The minimum atomic E-state index is -0.0778. The van der Waals surface area contributed by atoms with Gasteiger partial charge in [-0.1, -0.05) is 26.2 Å². The van der Waals surface area contributed by atoms with Crippen molar-refractivity contribution in [3.8, 4) is 0 Å². The summed E-state index contributed by atoms with van der Waals surface area (Å²) in [4.78, 5) is 2.63. The lowest BCUT2D eigenvalue weighted by molar-refractivity contribution is 0.0371. The SMILES string of the molecule is CCCCC1CN2CCC3CCCCC3=C2CC1O. The third-order valence-corrected chi connectivity index (χ3v) is 5.57. The molecule has 108 valence electrons. The number of fused-ring (bicyclic) bond motifs is 2. The zero-order valence-corrected chi connectivity index (χ0v) is 12.4. The summed E-state index contributed by atoms with van der Waals surface area (Å²) in [6, 6.07) is 0. The number of aliphatic hydroxyl groups excluding tert-OH is 1. The Kier molecular flexibility index (Phi) is 4.16. The van der Waals surface area contributed by atoms with Crippen molar-refractivity contribution in [2.75, 3.05) is 13.1 Å². The summed E-state index contributed by atoms with van der Waals surface area (Å²) in [6.45, 7) is 4.61. The summed E-state index contributed by atoms with van der Waals surface area (Å²) in [6.07, 6.45) is 11.5. The van der Waals surface area contributed by atoms with E-state index < -0.39 is 0 Å². The van der Waals surface area contributed by atoms with Crippen LogP contribution in [0, 0.1) is 11.8 Å². The molecule has 0 aromatic heterocycles. The van der Waals surface area contributed by atoms with E-state index in [0.29, 0.717) is 5.92 Å². The Morgan fingerprint density at radius 1 is 1.26 bits per heavy atom. The number of rotatable bonds is 3. The van der Waals surface area contributed by atoms with E-state index >= 15 is 0 Å². The van der Waals surface area contributed by atoms with Crippen LogP contribution in [0.4, 0.5) is 0 Å². The zero-order valence-electron chi connectivity index (χ0n) is 12.4. The predicted molar refractivity (Wildman–Crippen MR) is 78.8 cm³/mol. The second-order valence-electron chi connectivity index (χ2n) is 6.82. The van der Waals surface area contributed by atoms with Gasteiger partial charge in [0.25, 0.3) is 0 Å². The number of hydrogen-bond acceptors (Lipinski definition) is 2. The molecule has 1 aliphatic carbocycles. The Hall–Kier alpha value is -0.500. The molecule has 0 aromatic carbocycles. The zero-order chi connectivity index (χ0) is 13.2. The molecule has 3 atom stereocenters. The van der Waals surface area contributed by atoms with Crippen LogP contribution in [0.5, 0.6) is 0 Å². The van der Waals surface area contributed by atoms with E-state index in [9.17, 15) is 5.11 Å². The molecule has 0 aromatic rings. The molecule has 0 bridgehead atoms. The molecule has 19 heavy (non-hydrogen) atoms. The summed E-state index contributed by atoms with van der Waals surface area (Å²) in [7, 11) is 0. The molecule has 2 heterocycles. The summed E-state index contributed by atoms with van der Waals surface area (Å²) < 4.78 is 0. The molecular formula is C17H29NO. The van der Waals surface area contributed by atoms with Gasteiger partial charge in [-0.15, -0.1) is 0 Å². The lowest BCUT2D eigenvalue weighted by atomic mass is 9.75. The lowest BCUT2D eigenvalue weighted by Crippen LogP contribution is -2.45. The molecule has 1 saturated carbocycles. The quantitative estimate of drug-likeness (QED) is 0.839. The minimum Gasteiger partial charge on any atom is -0.392 e. The van der Waals surface area contributed by atoms with Crippen LogP contribution in [0.25, 0.3) is 0 Å². The first-order chi connectivity index (χ1) is 9.29. The topological polar surface area (TPSA) is 23.5 Å². The summed E-state index contributed by atoms with van der Waals surface area (Å²) in [5.41, 5.74) is 3.28. The van der Waals surface area contributed by atoms with Gasteiger partial charge in [-0.2, -0.15) is 0 Å². The standard InChI is InChI=1S/C17H29NO/c1-2-3-6-14-12-18-10-9-13-7-4-5-8-15(13)16(18)11-17(14)19/h13-14,17,19H,2-12H2,1H3. The minimum absolute atomic E-state index is 0.0778. The Bertz CT molecular complexity index is 349. The first-order valence-corrected chi connectivity index (χ1v) is 8.44. The maximum atomic E-state index is 10.5. The second-order valence-corrected chi connectivity index (χ2v) is 6.82. The van der Waals surface area contributed by atoms with Crippen LogP contribution >= 0.6 is 0 Å². The average molecular weight is 263 g/mol. The molecule has 3 rings (SSSR count). The van der Waals surface area contributed by atoms with Gasteiger partial charge in [-0.05, 0) is 43.6 Å². The summed E-state index contributed by atoms with van der Waals surface area (Å²) in [5.74, 6) is 1.38. The number of nitrogens with zero attached hydrogens (tertiary/aromatic N) is 1. The van der Waals surface area contributed by atoms with Gasteiger partial charge >= 0.3 is 0 Å². The molecule has 2 aliphatic heterocycles. The Labute approximate surface area is 117 Å². The van der Waals surface area contributed by atoms with Crippen LogP contribution in [0.15, 0.2) is 11.3 Å². The molecule has 1 N–H and O–H groups in total. The van der Waals surface area contributed by atoms with E-state index in [4.69, 9.17) is 0 Å². The lowest BCUT2D eigenvalue weighted by Gasteiger charge is -2.46. The molecule has 0 amide bonds.